The van der Waals surface area contributed by atoms with E-state index in [4.69, 9.17) is 4.99 Å². The monoisotopic (exact) mass is 551 g/mol. The number of hydrogen-bond acceptors (Lipinski definition) is 6. The molecule has 1 saturated carbocycles. The van der Waals surface area contributed by atoms with Crippen molar-refractivity contribution < 1.29 is 9.59 Å². The first-order chi connectivity index (χ1) is 19.2. The molecule has 2 saturated heterocycles. The summed E-state index contributed by atoms with van der Waals surface area (Å²) in [5, 5.41) is 5.60. The van der Waals surface area contributed by atoms with Crippen LogP contribution in [0.25, 0.3) is 0 Å². The van der Waals surface area contributed by atoms with Crippen LogP contribution in [0.5, 0.6) is 0 Å². The minimum absolute atomic E-state index is 0.0692. The molecule has 40 heavy (non-hydrogen) atoms. The molecule has 0 bridgehead atoms. The van der Waals surface area contributed by atoms with Gasteiger partial charge < -0.3 is 20.0 Å². The molecule has 0 aromatic heterocycles. The van der Waals surface area contributed by atoms with E-state index in [2.05, 4.69) is 41.4 Å². The highest BCUT2D eigenvalue weighted by Crippen LogP contribution is 2.29. The van der Waals surface area contributed by atoms with Gasteiger partial charge in [-0.15, -0.1) is 0 Å². The lowest BCUT2D eigenvalue weighted by molar-refractivity contribution is -0.131. The van der Waals surface area contributed by atoms with Gasteiger partial charge in [0.15, 0.2) is 0 Å². The van der Waals surface area contributed by atoms with Crippen LogP contribution in [0.2, 0.25) is 0 Å². The first-order valence-corrected chi connectivity index (χ1v) is 15.1. The van der Waals surface area contributed by atoms with Crippen LogP contribution in [-0.4, -0.2) is 96.4 Å². The molecule has 9 nitrogen and oxygen atoms in total. The van der Waals surface area contributed by atoms with Crippen molar-refractivity contribution in [3.05, 3.63) is 41.1 Å². The van der Waals surface area contributed by atoms with Gasteiger partial charge in [-0.2, -0.15) is 0 Å². The molecule has 0 radical (unpaired) electrons. The summed E-state index contributed by atoms with van der Waals surface area (Å²) in [5.41, 5.74) is 6.67. The molecule has 2 unspecified atom stereocenters. The second kappa shape index (κ2) is 13.6. The highest BCUT2D eigenvalue weighted by Gasteiger charge is 2.36. The van der Waals surface area contributed by atoms with Crippen LogP contribution in [0.15, 0.2) is 35.0 Å². The number of carbonyl (C=O) groups is 2. The molecular formula is C31H49N7O2. The Balaban J connectivity index is 1.54. The molecule has 2 amide bonds. The summed E-state index contributed by atoms with van der Waals surface area (Å²) in [6, 6.07) is 6.27. The summed E-state index contributed by atoms with van der Waals surface area (Å²) in [4.78, 5) is 37.8. The fraction of sp³-hybridized carbons (Fsp3) is 0.645. The molecular weight excluding hydrogens is 502 g/mol. The van der Waals surface area contributed by atoms with Gasteiger partial charge in [-0.05, 0) is 63.9 Å². The van der Waals surface area contributed by atoms with Crippen molar-refractivity contribution in [2.45, 2.75) is 78.4 Å². The summed E-state index contributed by atoms with van der Waals surface area (Å²) >= 11 is 0. The number of rotatable bonds is 7. The number of aliphatic imine (C=N–C) groups is 1. The molecule has 1 aromatic rings. The number of nitrogens with one attached hydrogen (secondary N) is 2. The lowest BCUT2D eigenvalue weighted by atomic mass is 9.93. The van der Waals surface area contributed by atoms with E-state index >= 15 is 0 Å². The van der Waals surface area contributed by atoms with Gasteiger partial charge in [0.2, 0.25) is 5.91 Å². The van der Waals surface area contributed by atoms with E-state index < -0.39 is 0 Å². The Morgan fingerprint density at radius 3 is 2.48 bits per heavy atom. The van der Waals surface area contributed by atoms with Crippen LogP contribution in [0.1, 0.15) is 75.7 Å². The summed E-state index contributed by atoms with van der Waals surface area (Å²) < 4.78 is 0. The smallest absolute Gasteiger partial charge is 0.265 e. The lowest BCUT2D eigenvalue weighted by Crippen LogP contribution is -2.52. The number of hydrogen-bond donors (Lipinski definition) is 2. The zero-order chi connectivity index (χ0) is 28.8. The first-order valence-electron chi connectivity index (χ1n) is 15.1. The van der Waals surface area contributed by atoms with Gasteiger partial charge in [0.25, 0.3) is 5.91 Å². The van der Waals surface area contributed by atoms with E-state index in [1.807, 2.05) is 50.2 Å². The minimum atomic E-state index is -0.219. The Labute approximate surface area is 240 Å². The van der Waals surface area contributed by atoms with Crippen LogP contribution in [0, 0.1) is 5.92 Å². The number of hydrazine groups is 1. The highest BCUT2D eigenvalue weighted by atomic mass is 16.2. The lowest BCUT2D eigenvalue weighted by Gasteiger charge is -2.37. The molecule has 1 aromatic carbocycles. The molecule has 2 N–H and O–H groups in total. The Bertz CT molecular complexity index is 1100. The zero-order valence-corrected chi connectivity index (χ0v) is 25.4. The maximum atomic E-state index is 13.1. The summed E-state index contributed by atoms with van der Waals surface area (Å²) in [6.07, 6.45) is 8.60. The Kier molecular flexibility index (Phi) is 10.2. The van der Waals surface area contributed by atoms with E-state index in [0.717, 1.165) is 68.2 Å². The van der Waals surface area contributed by atoms with E-state index in [1.165, 1.54) is 19.3 Å². The number of allylic oxidation sites excluding steroid dienone is 1. The largest absolute Gasteiger partial charge is 0.364 e. The van der Waals surface area contributed by atoms with Crippen molar-refractivity contribution >= 4 is 23.3 Å². The normalized spacial score (nSPS) is 24.9. The molecule has 3 aliphatic rings. The predicted molar refractivity (Wildman–Crippen MR) is 162 cm³/mol. The average Bonchev–Trinajstić information content (AvgIpc) is 3.04. The fourth-order valence-electron chi connectivity index (χ4n) is 6.12. The summed E-state index contributed by atoms with van der Waals surface area (Å²) in [6.45, 7) is 12.4. The number of carbonyl (C=O) groups excluding carboxylic acids is 2. The molecule has 2 aliphatic heterocycles. The Hall–Kier alpha value is -2.91. The van der Waals surface area contributed by atoms with Gasteiger partial charge in [0, 0.05) is 57.1 Å². The van der Waals surface area contributed by atoms with Crippen LogP contribution in [-0.2, 0) is 11.2 Å². The number of likely N-dealkylation sites (N-methyl/N-ethyl adjacent to an activating group) is 2. The molecule has 220 valence electrons. The van der Waals surface area contributed by atoms with Crippen LogP contribution in [0.3, 0.4) is 0 Å². The number of benzene rings is 1. The highest BCUT2D eigenvalue weighted by molar-refractivity contribution is 6.03. The van der Waals surface area contributed by atoms with Gasteiger partial charge >= 0.3 is 0 Å². The third-order valence-electron chi connectivity index (χ3n) is 8.57. The van der Waals surface area contributed by atoms with Crippen molar-refractivity contribution in [1.29, 1.82) is 0 Å². The summed E-state index contributed by atoms with van der Waals surface area (Å²) in [7, 11) is 3.97. The van der Waals surface area contributed by atoms with E-state index in [0.29, 0.717) is 18.2 Å². The molecule has 1 aliphatic carbocycles. The minimum Gasteiger partial charge on any atom is -0.364 e. The maximum absolute atomic E-state index is 13.1. The second-order valence-electron chi connectivity index (χ2n) is 11.6. The van der Waals surface area contributed by atoms with E-state index in [9.17, 15) is 9.59 Å². The quantitative estimate of drug-likeness (QED) is 0.534. The number of amides is 2. The fourth-order valence-corrected chi connectivity index (χ4v) is 6.12. The third-order valence-corrected chi connectivity index (χ3v) is 8.57. The van der Waals surface area contributed by atoms with E-state index in [1.54, 1.807) is 4.90 Å². The molecule has 3 fully saturated rings. The van der Waals surface area contributed by atoms with Crippen molar-refractivity contribution in [3.8, 4) is 0 Å². The van der Waals surface area contributed by atoms with Gasteiger partial charge in [-0.3, -0.25) is 15.0 Å². The maximum Gasteiger partial charge on any atom is 0.265 e. The van der Waals surface area contributed by atoms with Crippen molar-refractivity contribution in [1.82, 2.24) is 25.1 Å². The number of piperazine rings is 1. The van der Waals surface area contributed by atoms with E-state index in [-0.39, 0.29) is 23.9 Å². The Morgan fingerprint density at radius 1 is 1.12 bits per heavy atom. The third kappa shape index (κ3) is 7.04. The van der Waals surface area contributed by atoms with Gasteiger partial charge in [-0.25, -0.2) is 10.0 Å². The predicted octanol–water partition coefficient (Wildman–Crippen LogP) is 3.94. The first kappa shape index (κ1) is 30.1. The van der Waals surface area contributed by atoms with Crippen LogP contribution >= 0.6 is 0 Å². The molecule has 2 atom stereocenters. The zero-order valence-electron chi connectivity index (χ0n) is 25.4. The second-order valence-corrected chi connectivity index (χ2v) is 11.6. The number of nitrogens with zero attached hydrogens (tertiary/aromatic N) is 5. The van der Waals surface area contributed by atoms with Gasteiger partial charge in [0.05, 0.1) is 11.6 Å². The Morgan fingerprint density at radius 2 is 1.82 bits per heavy atom. The number of anilines is 1. The molecule has 9 heteroatoms. The summed E-state index contributed by atoms with van der Waals surface area (Å²) in [5.74, 6) is 0.878. The average molecular weight is 552 g/mol. The molecule has 4 rings (SSSR count). The molecule has 2 heterocycles. The van der Waals surface area contributed by atoms with Gasteiger partial charge in [0.1, 0.15) is 12.0 Å². The molecule has 0 spiro atoms. The number of aryl methyl sites for hydroxylation is 1. The van der Waals surface area contributed by atoms with Crippen molar-refractivity contribution in [2.75, 3.05) is 52.1 Å². The standard InChI is InChI=1S/C31H49N7O2/c1-7-24-20-25(30(39)34-37-18-16-35(5)17-19-37)14-15-27(24)32-23(4)33-29-28(8-2)36(6)31(40)22(3)21-38(29)26-12-10-9-11-13-26/h8,14-15,20,22-23,26,32H,7,9-13,16-19,21H2,1-6H3,(H,34,39)/b28-8+,33-29+. The van der Waals surface area contributed by atoms with Crippen molar-refractivity contribution in [3.63, 3.8) is 0 Å². The van der Waals surface area contributed by atoms with Crippen LogP contribution in [0.4, 0.5) is 5.69 Å². The van der Waals surface area contributed by atoms with Crippen molar-refractivity contribution in [2.24, 2.45) is 10.9 Å². The van der Waals surface area contributed by atoms with Gasteiger partial charge in [-0.1, -0.05) is 39.2 Å². The number of amidine groups is 1. The van der Waals surface area contributed by atoms with Crippen LogP contribution < -0.4 is 10.7 Å². The topological polar surface area (TPSA) is 83.5 Å². The SMILES string of the molecule is C/C=C1\C(=N/C(C)Nc2ccc(C(=O)NN3CCN(C)CC3)cc2CC)N(C2CCCCC2)CC(C)C(=O)N1C.